The Hall–Kier alpha value is -2.68. The van der Waals surface area contributed by atoms with Crippen LogP contribution in [0.5, 0.6) is 11.5 Å². The lowest BCUT2D eigenvalue weighted by Crippen LogP contribution is -2.31. The second-order valence-corrected chi connectivity index (χ2v) is 5.27. The van der Waals surface area contributed by atoms with Gasteiger partial charge in [-0.1, -0.05) is 6.08 Å². The van der Waals surface area contributed by atoms with Crippen LogP contribution < -0.4 is 20.2 Å². The van der Waals surface area contributed by atoms with Crippen molar-refractivity contribution in [2.75, 3.05) is 13.7 Å². The lowest BCUT2D eigenvalue weighted by atomic mass is 10.2. The summed E-state index contributed by atoms with van der Waals surface area (Å²) < 4.78 is 10.7. The van der Waals surface area contributed by atoms with E-state index in [1.54, 1.807) is 26.0 Å². The molecule has 0 aliphatic carbocycles. The highest BCUT2D eigenvalue weighted by Gasteiger charge is 2.22. The Kier molecular flexibility index (Phi) is 7.63. The average molecular weight is 352 g/mol. The van der Waals surface area contributed by atoms with Crippen LogP contribution in [-0.4, -0.2) is 36.0 Å². The Morgan fingerprint density at radius 2 is 2.25 bits per heavy atom. The summed E-state index contributed by atoms with van der Waals surface area (Å²) in [6.07, 6.45) is 2.82. The van der Waals surface area contributed by atoms with Crippen LogP contribution in [0, 0.1) is 10.1 Å². The highest BCUT2D eigenvalue weighted by molar-refractivity contribution is 7.80. The lowest BCUT2D eigenvalue weighted by molar-refractivity contribution is -0.386. The largest absolute Gasteiger partial charge is 0.493 e. The minimum absolute atomic E-state index is 0.0887. The molecule has 0 heterocycles. The molecule has 0 aromatic heterocycles. The summed E-state index contributed by atoms with van der Waals surface area (Å²) in [4.78, 5) is 10.8. The number of hydrazone groups is 1. The van der Waals surface area contributed by atoms with Crippen molar-refractivity contribution in [2.45, 2.75) is 20.0 Å². The molecule has 0 aliphatic rings. The summed E-state index contributed by atoms with van der Waals surface area (Å²) in [5, 5.41) is 18.4. The molecule has 2 N–H and O–H groups in total. The molecule has 0 saturated carbocycles. The van der Waals surface area contributed by atoms with Gasteiger partial charge >= 0.3 is 5.69 Å². The predicted octanol–water partition coefficient (Wildman–Crippen LogP) is 2.37. The van der Waals surface area contributed by atoms with Crippen molar-refractivity contribution >= 4 is 29.2 Å². The van der Waals surface area contributed by atoms with Gasteiger partial charge in [-0.05, 0) is 32.1 Å². The molecule has 0 unspecified atom stereocenters. The average Bonchev–Trinajstić information content (AvgIpc) is 2.53. The molecule has 130 valence electrons. The smallest absolute Gasteiger partial charge is 0.315 e. The van der Waals surface area contributed by atoms with Gasteiger partial charge in [-0.3, -0.25) is 15.5 Å². The van der Waals surface area contributed by atoms with Crippen molar-refractivity contribution in [1.82, 2.24) is 10.7 Å². The fourth-order valence-electron chi connectivity index (χ4n) is 1.69. The Morgan fingerprint density at radius 1 is 1.54 bits per heavy atom. The molecular weight excluding hydrogens is 332 g/mol. The monoisotopic (exact) mass is 352 g/mol. The molecule has 0 radical (unpaired) electrons. The van der Waals surface area contributed by atoms with E-state index in [1.165, 1.54) is 19.4 Å². The van der Waals surface area contributed by atoms with Crippen LogP contribution in [0.2, 0.25) is 0 Å². The molecule has 0 fully saturated rings. The first kappa shape index (κ1) is 19.4. The zero-order valence-electron chi connectivity index (χ0n) is 13.7. The number of methoxy groups -OCH3 is 1. The Morgan fingerprint density at radius 3 is 2.79 bits per heavy atom. The van der Waals surface area contributed by atoms with Crippen LogP contribution in [0.1, 0.15) is 19.4 Å². The van der Waals surface area contributed by atoms with Gasteiger partial charge in [0, 0.05) is 18.2 Å². The molecule has 0 amide bonds. The van der Waals surface area contributed by atoms with Gasteiger partial charge in [0.25, 0.3) is 0 Å². The maximum absolute atomic E-state index is 11.3. The van der Waals surface area contributed by atoms with Crippen molar-refractivity contribution in [1.29, 1.82) is 0 Å². The van der Waals surface area contributed by atoms with Gasteiger partial charge in [-0.25, -0.2) is 0 Å². The highest BCUT2D eigenvalue weighted by atomic mass is 32.1. The number of ether oxygens (including phenoxy) is 2. The molecule has 0 atom stereocenters. The molecule has 9 heteroatoms. The quantitative estimate of drug-likeness (QED) is 0.244. The summed E-state index contributed by atoms with van der Waals surface area (Å²) in [5.41, 5.74) is 2.87. The number of nitrogens with zero attached hydrogens (tertiary/aromatic N) is 2. The van der Waals surface area contributed by atoms with Crippen molar-refractivity contribution in [3.63, 3.8) is 0 Å². The van der Waals surface area contributed by atoms with E-state index in [0.29, 0.717) is 17.2 Å². The highest BCUT2D eigenvalue weighted by Crippen LogP contribution is 2.38. The van der Waals surface area contributed by atoms with Gasteiger partial charge in [0.2, 0.25) is 5.75 Å². The van der Waals surface area contributed by atoms with E-state index in [4.69, 9.17) is 21.7 Å². The topological polar surface area (TPSA) is 98.0 Å². The number of nitrogens with one attached hydrogen (secondary N) is 2. The minimum Gasteiger partial charge on any atom is -0.493 e. The second kappa shape index (κ2) is 9.46. The number of rotatable bonds is 8. The number of hydrogen-bond donors (Lipinski definition) is 2. The van der Waals surface area contributed by atoms with Crippen LogP contribution in [-0.2, 0) is 0 Å². The van der Waals surface area contributed by atoms with Gasteiger partial charge in [0.1, 0.15) is 0 Å². The van der Waals surface area contributed by atoms with Gasteiger partial charge < -0.3 is 14.8 Å². The number of hydrogen-bond acceptors (Lipinski definition) is 6. The molecule has 0 spiro atoms. The van der Waals surface area contributed by atoms with Crippen molar-refractivity contribution < 1.29 is 14.4 Å². The Labute approximate surface area is 145 Å². The molecule has 0 saturated heterocycles. The van der Waals surface area contributed by atoms with Gasteiger partial charge in [0.05, 0.1) is 24.4 Å². The summed E-state index contributed by atoms with van der Waals surface area (Å²) in [6.45, 7) is 7.61. The first-order valence-corrected chi connectivity index (χ1v) is 7.50. The van der Waals surface area contributed by atoms with Crippen LogP contribution >= 0.6 is 12.2 Å². The molecule has 8 nitrogen and oxygen atoms in total. The first-order valence-electron chi connectivity index (χ1n) is 7.10. The SMILES string of the molecule is C=CCNC(=S)N/N=C/c1cc(OC)c(OC(C)C)c([N+](=O)[O-])c1. The van der Waals surface area contributed by atoms with Gasteiger partial charge in [-0.15, -0.1) is 6.58 Å². The van der Waals surface area contributed by atoms with Gasteiger partial charge in [0.15, 0.2) is 10.9 Å². The molecule has 1 rings (SSSR count). The molecule has 0 aliphatic heterocycles. The molecule has 0 bridgehead atoms. The van der Waals surface area contributed by atoms with Crippen LogP contribution in [0.25, 0.3) is 0 Å². The van der Waals surface area contributed by atoms with E-state index in [1.807, 2.05) is 0 Å². The number of nitro groups is 1. The van der Waals surface area contributed by atoms with Crippen LogP contribution in [0.3, 0.4) is 0 Å². The third-order valence-electron chi connectivity index (χ3n) is 2.61. The fraction of sp³-hybridized carbons (Fsp3) is 0.333. The molecule has 1 aromatic carbocycles. The second-order valence-electron chi connectivity index (χ2n) is 4.86. The maximum Gasteiger partial charge on any atom is 0.315 e. The zero-order valence-corrected chi connectivity index (χ0v) is 14.6. The standard InChI is InChI=1S/C15H20N4O4S/c1-5-6-16-15(24)18-17-9-11-7-12(19(20)21)14(23-10(2)3)13(8-11)22-4/h5,7-10H,1,6H2,2-4H3,(H2,16,18,24)/b17-9+. The Bertz CT molecular complexity index is 647. The number of thiocarbonyl (C=S) groups is 1. The van der Waals surface area contributed by atoms with Crippen LogP contribution in [0.4, 0.5) is 5.69 Å². The fourth-order valence-corrected chi connectivity index (χ4v) is 1.83. The van der Waals surface area contributed by atoms with Crippen molar-refractivity contribution in [3.8, 4) is 11.5 Å². The van der Waals surface area contributed by atoms with E-state index in [-0.39, 0.29) is 23.3 Å². The zero-order chi connectivity index (χ0) is 18.1. The summed E-state index contributed by atoms with van der Waals surface area (Å²) in [6, 6.07) is 2.95. The maximum atomic E-state index is 11.3. The van der Waals surface area contributed by atoms with E-state index in [9.17, 15) is 10.1 Å². The number of nitro benzene ring substituents is 1. The lowest BCUT2D eigenvalue weighted by Gasteiger charge is -2.14. The van der Waals surface area contributed by atoms with E-state index in [2.05, 4.69) is 22.4 Å². The molecular formula is C15H20N4O4S. The van der Waals surface area contributed by atoms with Crippen molar-refractivity contribution in [2.24, 2.45) is 5.10 Å². The van der Waals surface area contributed by atoms with E-state index >= 15 is 0 Å². The summed E-state index contributed by atoms with van der Waals surface area (Å²) >= 11 is 4.98. The van der Waals surface area contributed by atoms with Crippen LogP contribution in [0.15, 0.2) is 29.9 Å². The van der Waals surface area contributed by atoms with Crippen molar-refractivity contribution in [3.05, 3.63) is 40.5 Å². The first-order chi connectivity index (χ1) is 11.4. The third-order valence-corrected chi connectivity index (χ3v) is 2.85. The predicted molar refractivity (Wildman–Crippen MR) is 96.9 cm³/mol. The molecule has 24 heavy (non-hydrogen) atoms. The molecule has 1 aromatic rings. The van der Waals surface area contributed by atoms with Gasteiger partial charge in [-0.2, -0.15) is 5.10 Å². The third kappa shape index (κ3) is 5.84. The minimum atomic E-state index is -0.527. The normalized spacial score (nSPS) is 10.5. The number of benzene rings is 1. The summed E-state index contributed by atoms with van der Waals surface area (Å²) in [7, 11) is 1.42. The summed E-state index contributed by atoms with van der Waals surface area (Å²) in [5.74, 6) is 0.345. The van der Waals surface area contributed by atoms with E-state index in [0.717, 1.165) is 0 Å². The Balaban J connectivity index is 3.04. The van der Waals surface area contributed by atoms with E-state index < -0.39 is 4.92 Å².